The number of hydrogen-bond acceptors (Lipinski definition) is 2. The van der Waals surface area contributed by atoms with Crippen LogP contribution in [0.5, 0.6) is 0 Å². The molecular weight excluding hydrogens is 104 g/mol. The zero-order chi connectivity index (χ0) is 5.82. The van der Waals surface area contributed by atoms with Crippen LogP contribution in [-0.4, -0.2) is 19.3 Å². The molecule has 0 aromatic carbocycles. The molecule has 0 aromatic heterocycles. The molecule has 2 nitrogen and oxygen atoms in total. The molecule has 2 heteroatoms. The summed E-state index contributed by atoms with van der Waals surface area (Å²) in [6, 6.07) is 0. The molecule has 0 amide bonds. The Morgan fingerprint density at radius 2 is 2.62 bits per heavy atom. The topological polar surface area (TPSA) is 21.8 Å². The molecule has 1 aliphatic rings. The van der Waals surface area contributed by atoms with Crippen molar-refractivity contribution in [3.63, 3.8) is 0 Å². The third-order valence-electron chi connectivity index (χ3n) is 0.917. The fraction of sp³-hybridized carbons (Fsp3) is 0.667. The van der Waals surface area contributed by atoms with Gasteiger partial charge in [-0.15, -0.1) is 0 Å². The van der Waals surface area contributed by atoms with Crippen molar-refractivity contribution in [2.75, 3.05) is 13.2 Å². The first-order valence-electron chi connectivity index (χ1n) is 2.78. The van der Waals surface area contributed by atoms with Gasteiger partial charge in [0.2, 0.25) is 0 Å². The Balaban J connectivity index is 1.88. The molecule has 1 fully saturated rings. The van der Waals surface area contributed by atoms with E-state index in [0.717, 1.165) is 6.61 Å². The molecule has 0 N–H and O–H groups in total. The van der Waals surface area contributed by atoms with E-state index in [9.17, 15) is 0 Å². The summed E-state index contributed by atoms with van der Waals surface area (Å²) in [6.07, 6.45) is 3.93. The molecule has 1 heterocycles. The van der Waals surface area contributed by atoms with E-state index in [2.05, 4.69) is 0 Å². The highest BCUT2D eigenvalue weighted by atomic mass is 16.6. The molecule has 0 spiro atoms. The average Bonchev–Trinajstić information content (AvgIpc) is 2.51. The lowest BCUT2D eigenvalue weighted by molar-refractivity contribution is 0.212. The normalized spacial score (nSPS) is 26.4. The minimum atomic E-state index is 0.381. The van der Waals surface area contributed by atoms with Crippen LogP contribution in [0.1, 0.15) is 6.92 Å². The maximum Gasteiger partial charge on any atom is 0.116 e. The van der Waals surface area contributed by atoms with Crippen LogP contribution in [-0.2, 0) is 9.47 Å². The predicted octanol–water partition coefficient (Wildman–Crippen LogP) is 0.935. The second-order valence-electron chi connectivity index (χ2n) is 1.76. The van der Waals surface area contributed by atoms with Crippen molar-refractivity contribution >= 4 is 0 Å². The van der Waals surface area contributed by atoms with E-state index < -0.39 is 0 Å². The number of hydrogen-bond donors (Lipinski definition) is 0. The van der Waals surface area contributed by atoms with Crippen LogP contribution in [0.4, 0.5) is 0 Å². The number of rotatable bonds is 3. The van der Waals surface area contributed by atoms with Gasteiger partial charge in [0.15, 0.2) is 0 Å². The number of epoxide rings is 1. The maximum atomic E-state index is 5.00. The van der Waals surface area contributed by atoms with E-state index in [1.54, 1.807) is 6.26 Å². The number of allylic oxidation sites excluding steroid dienone is 1. The fourth-order valence-corrected chi connectivity index (χ4v) is 0.423. The molecule has 1 unspecified atom stereocenters. The lowest BCUT2D eigenvalue weighted by Gasteiger charge is -1.91. The summed E-state index contributed by atoms with van der Waals surface area (Å²) in [7, 11) is 0. The van der Waals surface area contributed by atoms with Gasteiger partial charge < -0.3 is 9.47 Å². The van der Waals surface area contributed by atoms with Crippen LogP contribution in [0.25, 0.3) is 0 Å². The van der Waals surface area contributed by atoms with Gasteiger partial charge in [0.1, 0.15) is 12.7 Å². The molecule has 0 aromatic rings. The van der Waals surface area contributed by atoms with Gasteiger partial charge in [-0.3, -0.25) is 0 Å². The van der Waals surface area contributed by atoms with Gasteiger partial charge >= 0.3 is 0 Å². The van der Waals surface area contributed by atoms with Crippen LogP contribution in [0.3, 0.4) is 0 Å². The summed E-state index contributed by atoms with van der Waals surface area (Å²) in [5, 5.41) is 0. The molecule has 0 saturated carbocycles. The summed E-state index contributed by atoms with van der Waals surface area (Å²) in [5.74, 6) is 0. The monoisotopic (exact) mass is 114 g/mol. The lowest BCUT2D eigenvalue weighted by atomic mass is 10.5. The Hall–Kier alpha value is -0.500. The maximum absolute atomic E-state index is 5.00. The minimum absolute atomic E-state index is 0.381. The molecule has 0 bridgehead atoms. The average molecular weight is 114 g/mol. The molecular formula is C6H10O2. The van der Waals surface area contributed by atoms with E-state index in [0.29, 0.717) is 12.7 Å². The smallest absolute Gasteiger partial charge is 0.116 e. The van der Waals surface area contributed by atoms with Crippen molar-refractivity contribution in [1.82, 2.24) is 0 Å². The van der Waals surface area contributed by atoms with Gasteiger partial charge in [-0.2, -0.15) is 0 Å². The van der Waals surface area contributed by atoms with E-state index in [-0.39, 0.29) is 0 Å². The molecule has 0 aliphatic carbocycles. The highest BCUT2D eigenvalue weighted by Gasteiger charge is 2.21. The standard InChI is InChI=1S/C6H10O2/c1-2-3-7-4-6-5-8-6/h2-3,6H,4-5H2,1H3/b3-2-. The van der Waals surface area contributed by atoms with Crippen molar-refractivity contribution in [3.05, 3.63) is 12.3 Å². The molecule has 8 heavy (non-hydrogen) atoms. The molecule has 1 rings (SSSR count). The number of ether oxygens (including phenoxy) is 2. The molecule has 46 valence electrons. The highest BCUT2D eigenvalue weighted by Crippen LogP contribution is 2.08. The molecule has 1 aliphatic heterocycles. The lowest BCUT2D eigenvalue weighted by Crippen LogP contribution is -1.94. The van der Waals surface area contributed by atoms with Crippen LogP contribution in [0.2, 0.25) is 0 Å². The zero-order valence-corrected chi connectivity index (χ0v) is 4.96. The third-order valence-corrected chi connectivity index (χ3v) is 0.917. The van der Waals surface area contributed by atoms with Crippen LogP contribution >= 0.6 is 0 Å². The Labute approximate surface area is 49.1 Å². The summed E-state index contributed by atoms with van der Waals surface area (Å²) in [6.45, 7) is 3.51. The van der Waals surface area contributed by atoms with Crippen LogP contribution in [0, 0.1) is 0 Å². The minimum Gasteiger partial charge on any atom is -0.499 e. The van der Waals surface area contributed by atoms with E-state index >= 15 is 0 Å². The van der Waals surface area contributed by atoms with Gasteiger partial charge in [0, 0.05) is 0 Å². The summed E-state index contributed by atoms with van der Waals surface area (Å²) in [5.41, 5.74) is 0. The highest BCUT2D eigenvalue weighted by molar-refractivity contribution is 4.71. The second-order valence-corrected chi connectivity index (χ2v) is 1.76. The molecule has 1 atom stereocenters. The van der Waals surface area contributed by atoms with Gasteiger partial charge in [-0.1, -0.05) is 6.08 Å². The SMILES string of the molecule is C/C=C\OCC1CO1. The van der Waals surface area contributed by atoms with Gasteiger partial charge in [-0.25, -0.2) is 0 Å². The molecule has 1 saturated heterocycles. The van der Waals surface area contributed by atoms with Crippen molar-refractivity contribution in [1.29, 1.82) is 0 Å². The summed E-state index contributed by atoms with van der Waals surface area (Å²) < 4.78 is 9.90. The van der Waals surface area contributed by atoms with Gasteiger partial charge in [-0.05, 0) is 6.92 Å². The largest absolute Gasteiger partial charge is 0.499 e. The zero-order valence-electron chi connectivity index (χ0n) is 4.96. The predicted molar refractivity (Wildman–Crippen MR) is 30.5 cm³/mol. The van der Waals surface area contributed by atoms with Crippen LogP contribution < -0.4 is 0 Å². The van der Waals surface area contributed by atoms with Gasteiger partial charge in [0.05, 0.1) is 12.9 Å². The van der Waals surface area contributed by atoms with Crippen molar-refractivity contribution < 1.29 is 9.47 Å². The third kappa shape index (κ3) is 1.98. The van der Waals surface area contributed by atoms with Gasteiger partial charge in [0.25, 0.3) is 0 Å². The quantitative estimate of drug-likeness (QED) is 0.402. The van der Waals surface area contributed by atoms with E-state index in [1.165, 1.54) is 0 Å². The van der Waals surface area contributed by atoms with E-state index in [1.807, 2.05) is 13.0 Å². The molecule has 0 radical (unpaired) electrons. The van der Waals surface area contributed by atoms with Crippen LogP contribution in [0.15, 0.2) is 12.3 Å². The Morgan fingerprint density at radius 1 is 1.88 bits per heavy atom. The Morgan fingerprint density at radius 3 is 3.12 bits per heavy atom. The first kappa shape index (κ1) is 5.63. The Bertz CT molecular complexity index is 84.5. The summed E-state index contributed by atoms with van der Waals surface area (Å²) >= 11 is 0. The second kappa shape index (κ2) is 2.72. The first-order valence-corrected chi connectivity index (χ1v) is 2.78. The Kier molecular flexibility index (Phi) is 1.92. The van der Waals surface area contributed by atoms with E-state index in [4.69, 9.17) is 9.47 Å². The van der Waals surface area contributed by atoms with Crippen molar-refractivity contribution in [3.8, 4) is 0 Å². The fourth-order valence-electron chi connectivity index (χ4n) is 0.423. The first-order chi connectivity index (χ1) is 3.93. The van der Waals surface area contributed by atoms with Crippen molar-refractivity contribution in [2.45, 2.75) is 13.0 Å². The summed E-state index contributed by atoms with van der Waals surface area (Å²) in [4.78, 5) is 0. The van der Waals surface area contributed by atoms with Crippen molar-refractivity contribution in [2.24, 2.45) is 0 Å².